The number of ether oxygens (including phenoxy) is 2. The van der Waals surface area contributed by atoms with Crippen molar-refractivity contribution in [3.8, 4) is 5.75 Å². The van der Waals surface area contributed by atoms with Crippen LogP contribution in [0.15, 0.2) is 24.4 Å². The molecule has 0 bridgehead atoms. The van der Waals surface area contributed by atoms with E-state index in [2.05, 4.69) is 9.97 Å². The fourth-order valence-corrected chi connectivity index (χ4v) is 2.68. The van der Waals surface area contributed by atoms with E-state index in [4.69, 9.17) is 9.47 Å². The van der Waals surface area contributed by atoms with Gasteiger partial charge in [0.05, 0.1) is 25.9 Å². The molecule has 6 nitrogen and oxygen atoms in total. The Hall–Kier alpha value is -2.41. The fraction of sp³-hybridized carbons (Fsp3) is 0.375. The lowest BCUT2D eigenvalue weighted by molar-refractivity contribution is -0.00517. The number of carbonyl (C=O) groups is 1. The first-order valence-electron chi connectivity index (χ1n) is 7.34. The zero-order valence-electron chi connectivity index (χ0n) is 13.0. The molecule has 0 aliphatic carbocycles. The second kappa shape index (κ2) is 6.37. The van der Waals surface area contributed by atoms with E-state index < -0.39 is 5.82 Å². The Balaban J connectivity index is 1.94. The summed E-state index contributed by atoms with van der Waals surface area (Å²) in [7, 11) is 1.46. The van der Waals surface area contributed by atoms with Gasteiger partial charge in [-0.2, -0.15) is 0 Å². The summed E-state index contributed by atoms with van der Waals surface area (Å²) in [5, 5.41) is 0. The molecule has 7 heteroatoms. The molecule has 23 heavy (non-hydrogen) atoms. The van der Waals surface area contributed by atoms with Gasteiger partial charge in [0.2, 0.25) is 0 Å². The van der Waals surface area contributed by atoms with E-state index in [0.717, 1.165) is 5.69 Å². The number of nitrogens with zero attached hydrogens (tertiary/aromatic N) is 2. The van der Waals surface area contributed by atoms with Crippen LogP contribution in [0.4, 0.5) is 4.39 Å². The number of hydrogen-bond donors (Lipinski definition) is 1. The van der Waals surface area contributed by atoms with Crippen molar-refractivity contribution >= 4 is 5.91 Å². The number of H-pyrrole nitrogens is 1. The largest absolute Gasteiger partial charge is 0.496 e. The SMILES string of the molecule is COc1ccc(F)cc1C(=O)N1CCOCC1c1ncc(C)[nH]1. The smallest absolute Gasteiger partial charge is 0.258 e. The van der Waals surface area contributed by atoms with Gasteiger partial charge in [0.15, 0.2) is 0 Å². The Morgan fingerprint density at radius 2 is 2.35 bits per heavy atom. The van der Waals surface area contributed by atoms with E-state index in [1.807, 2.05) is 6.92 Å². The van der Waals surface area contributed by atoms with Crippen molar-refractivity contribution in [2.75, 3.05) is 26.9 Å². The van der Waals surface area contributed by atoms with Gasteiger partial charge < -0.3 is 19.4 Å². The third kappa shape index (κ3) is 3.05. The van der Waals surface area contributed by atoms with Gasteiger partial charge in [-0.25, -0.2) is 9.37 Å². The molecule has 0 radical (unpaired) electrons. The summed E-state index contributed by atoms with van der Waals surface area (Å²) in [6, 6.07) is 3.58. The van der Waals surface area contributed by atoms with Crippen molar-refractivity contribution < 1.29 is 18.7 Å². The number of morpholine rings is 1. The molecule has 1 fully saturated rings. The molecule has 2 heterocycles. The zero-order chi connectivity index (χ0) is 16.4. The van der Waals surface area contributed by atoms with Crippen LogP contribution in [0.25, 0.3) is 0 Å². The Morgan fingerprint density at radius 1 is 1.52 bits per heavy atom. The van der Waals surface area contributed by atoms with Crippen LogP contribution in [0.2, 0.25) is 0 Å². The highest BCUT2D eigenvalue weighted by atomic mass is 19.1. The summed E-state index contributed by atoms with van der Waals surface area (Å²) in [4.78, 5) is 22.0. The van der Waals surface area contributed by atoms with Gasteiger partial charge in [-0.3, -0.25) is 4.79 Å². The monoisotopic (exact) mass is 319 g/mol. The summed E-state index contributed by atoms with van der Waals surface area (Å²) < 4.78 is 24.2. The number of carbonyl (C=O) groups excluding carboxylic acids is 1. The minimum absolute atomic E-state index is 0.197. The number of aromatic amines is 1. The van der Waals surface area contributed by atoms with E-state index in [0.29, 0.717) is 31.3 Å². The van der Waals surface area contributed by atoms with E-state index in [-0.39, 0.29) is 17.5 Å². The number of amides is 1. The van der Waals surface area contributed by atoms with Crippen LogP contribution in [0.1, 0.15) is 27.9 Å². The fourth-order valence-electron chi connectivity index (χ4n) is 2.68. The van der Waals surface area contributed by atoms with Gasteiger partial charge >= 0.3 is 0 Å². The maximum absolute atomic E-state index is 13.6. The lowest BCUT2D eigenvalue weighted by atomic mass is 10.1. The number of rotatable bonds is 3. The molecule has 0 spiro atoms. The van der Waals surface area contributed by atoms with Crippen LogP contribution in [-0.4, -0.2) is 47.6 Å². The van der Waals surface area contributed by atoms with Gasteiger partial charge in [0.25, 0.3) is 5.91 Å². The molecule has 1 unspecified atom stereocenters. The summed E-state index contributed by atoms with van der Waals surface area (Å²) >= 11 is 0. The molecule has 1 aliphatic heterocycles. The molecule has 0 saturated carbocycles. The first-order valence-corrected chi connectivity index (χ1v) is 7.34. The molecule has 1 amide bonds. The van der Waals surface area contributed by atoms with Crippen molar-refractivity contribution in [3.05, 3.63) is 47.3 Å². The molecule has 1 saturated heterocycles. The van der Waals surface area contributed by atoms with Crippen LogP contribution in [0.5, 0.6) is 5.75 Å². The van der Waals surface area contributed by atoms with Crippen LogP contribution in [0, 0.1) is 12.7 Å². The molecule has 2 aromatic rings. The van der Waals surface area contributed by atoms with Gasteiger partial charge in [-0.1, -0.05) is 0 Å². The topological polar surface area (TPSA) is 67.4 Å². The molecule has 1 aliphatic rings. The standard InChI is InChI=1S/C16H18FN3O3/c1-10-8-18-15(19-10)13-9-23-6-5-20(13)16(21)12-7-11(17)3-4-14(12)22-2/h3-4,7-8,13H,5-6,9H2,1-2H3,(H,18,19). The number of hydrogen-bond acceptors (Lipinski definition) is 4. The normalized spacial score (nSPS) is 18.0. The average molecular weight is 319 g/mol. The number of methoxy groups -OCH3 is 1. The van der Waals surface area contributed by atoms with Gasteiger partial charge in [-0.15, -0.1) is 0 Å². The second-order valence-electron chi connectivity index (χ2n) is 5.39. The van der Waals surface area contributed by atoms with Gasteiger partial charge in [0, 0.05) is 18.4 Å². The summed E-state index contributed by atoms with van der Waals surface area (Å²) in [6.07, 6.45) is 1.70. The number of imidazole rings is 1. The maximum atomic E-state index is 13.6. The lowest BCUT2D eigenvalue weighted by Gasteiger charge is -2.34. The van der Waals surface area contributed by atoms with Crippen molar-refractivity contribution in [2.45, 2.75) is 13.0 Å². The van der Waals surface area contributed by atoms with E-state index in [9.17, 15) is 9.18 Å². The van der Waals surface area contributed by atoms with Gasteiger partial charge in [-0.05, 0) is 25.1 Å². The van der Waals surface area contributed by atoms with E-state index >= 15 is 0 Å². The Kier molecular flexibility index (Phi) is 4.29. The summed E-state index contributed by atoms with van der Waals surface area (Å²) in [5.74, 6) is 0.222. The van der Waals surface area contributed by atoms with Gasteiger partial charge in [0.1, 0.15) is 23.4 Å². The first kappa shape index (κ1) is 15.5. The predicted molar refractivity (Wildman–Crippen MR) is 80.9 cm³/mol. The molecule has 1 N–H and O–H groups in total. The third-order valence-electron chi connectivity index (χ3n) is 3.82. The quantitative estimate of drug-likeness (QED) is 0.940. The average Bonchev–Trinajstić information content (AvgIpc) is 3.00. The Morgan fingerprint density at radius 3 is 3.04 bits per heavy atom. The minimum atomic E-state index is -0.479. The second-order valence-corrected chi connectivity index (χ2v) is 5.39. The maximum Gasteiger partial charge on any atom is 0.258 e. The number of halogens is 1. The molecule has 1 aromatic carbocycles. The predicted octanol–water partition coefficient (Wildman–Crippen LogP) is 2.08. The van der Waals surface area contributed by atoms with Crippen LogP contribution < -0.4 is 4.74 Å². The molecular weight excluding hydrogens is 301 g/mol. The molecule has 1 aromatic heterocycles. The third-order valence-corrected chi connectivity index (χ3v) is 3.82. The highest BCUT2D eigenvalue weighted by Crippen LogP contribution is 2.28. The minimum Gasteiger partial charge on any atom is -0.496 e. The molecule has 122 valence electrons. The highest BCUT2D eigenvalue weighted by molar-refractivity contribution is 5.97. The molecule has 3 rings (SSSR count). The van der Waals surface area contributed by atoms with Crippen molar-refractivity contribution in [2.24, 2.45) is 0 Å². The van der Waals surface area contributed by atoms with Crippen molar-refractivity contribution in [3.63, 3.8) is 0 Å². The highest BCUT2D eigenvalue weighted by Gasteiger charge is 2.32. The van der Waals surface area contributed by atoms with E-state index in [1.54, 1.807) is 11.1 Å². The number of nitrogens with one attached hydrogen (secondary N) is 1. The summed E-state index contributed by atoms with van der Waals surface area (Å²) in [5.41, 5.74) is 1.10. The Labute approximate surface area is 133 Å². The Bertz CT molecular complexity index is 716. The van der Waals surface area contributed by atoms with Crippen molar-refractivity contribution in [1.29, 1.82) is 0 Å². The van der Waals surface area contributed by atoms with Crippen LogP contribution in [-0.2, 0) is 4.74 Å². The molecular formula is C16H18FN3O3. The first-order chi connectivity index (χ1) is 11.1. The summed E-state index contributed by atoms with van der Waals surface area (Å²) in [6.45, 7) is 3.07. The number of benzene rings is 1. The number of aromatic nitrogens is 2. The van der Waals surface area contributed by atoms with E-state index in [1.165, 1.54) is 25.3 Å². The van der Waals surface area contributed by atoms with Crippen molar-refractivity contribution in [1.82, 2.24) is 14.9 Å². The zero-order valence-corrected chi connectivity index (χ0v) is 13.0. The lowest BCUT2D eigenvalue weighted by Crippen LogP contribution is -2.44. The number of aryl methyl sites for hydroxylation is 1. The molecule has 1 atom stereocenters. The van der Waals surface area contributed by atoms with Crippen LogP contribution >= 0.6 is 0 Å². The van der Waals surface area contributed by atoms with Crippen LogP contribution in [0.3, 0.4) is 0 Å².